The van der Waals surface area contributed by atoms with E-state index in [2.05, 4.69) is 10.3 Å². The van der Waals surface area contributed by atoms with E-state index in [1.165, 1.54) is 12.1 Å². The molecule has 0 saturated heterocycles. The van der Waals surface area contributed by atoms with E-state index < -0.39 is 0 Å². The lowest BCUT2D eigenvalue weighted by molar-refractivity contribution is 0.198. The van der Waals surface area contributed by atoms with Crippen LogP contribution in [0.3, 0.4) is 0 Å². The van der Waals surface area contributed by atoms with Gasteiger partial charge in [-0.3, -0.25) is 4.99 Å². The van der Waals surface area contributed by atoms with Gasteiger partial charge >= 0.3 is 0 Å². The van der Waals surface area contributed by atoms with Crippen LogP contribution < -0.4 is 10.1 Å². The van der Waals surface area contributed by atoms with E-state index in [-0.39, 0.29) is 35.9 Å². The largest absolute Gasteiger partial charge is 0.489 e. The van der Waals surface area contributed by atoms with Crippen LogP contribution >= 0.6 is 24.0 Å². The predicted octanol–water partition coefficient (Wildman–Crippen LogP) is 2.74. The zero-order valence-corrected chi connectivity index (χ0v) is 14.7. The van der Waals surface area contributed by atoms with E-state index in [1.54, 1.807) is 19.2 Å². The summed E-state index contributed by atoms with van der Waals surface area (Å²) in [5.74, 6) is 1.05. The fraction of sp³-hybridized carbons (Fsp3) is 0.500. The molecular weight excluding hydrogens is 372 g/mol. The summed E-state index contributed by atoms with van der Waals surface area (Å²) in [7, 11) is 5.57. The number of guanidine groups is 1. The third-order valence-corrected chi connectivity index (χ3v) is 2.68. The van der Waals surface area contributed by atoms with Gasteiger partial charge in [0.15, 0.2) is 5.96 Å². The molecule has 1 aromatic rings. The maximum atomic E-state index is 13.1. The van der Waals surface area contributed by atoms with E-state index in [0.717, 1.165) is 12.4 Å². The van der Waals surface area contributed by atoms with Crippen molar-refractivity contribution in [3.63, 3.8) is 0 Å². The van der Waals surface area contributed by atoms with Gasteiger partial charge in [0.2, 0.25) is 0 Å². The van der Waals surface area contributed by atoms with Crippen LogP contribution in [0, 0.1) is 5.82 Å². The summed E-state index contributed by atoms with van der Waals surface area (Å²) in [6, 6.07) is 6.19. The van der Waals surface area contributed by atoms with Gasteiger partial charge in [-0.25, -0.2) is 4.39 Å². The molecule has 1 aromatic carbocycles. The highest BCUT2D eigenvalue weighted by Gasteiger charge is 2.10. The third-order valence-electron chi connectivity index (χ3n) is 2.68. The first-order valence-electron chi connectivity index (χ1n) is 6.37. The van der Waals surface area contributed by atoms with Crippen LogP contribution in [0.15, 0.2) is 29.3 Å². The van der Waals surface area contributed by atoms with Gasteiger partial charge in [-0.1, -0.05) is 13.0 Å². The zero-order chi connectivity index (χ0) is 14.3. The van der Waals surface area contributed by atoms with Crippen molar-refractivity contribution in [2.75, 3.05) is 27.7 Å². The number of aliphatic imine (C=N–C) groups is 1. The Morgan fingerprint density at radius 2 is 2.15 bits per heavy atom. The summed E-state index contributed by atoms with van der Waals surface area (Å²) in [4.78, 5) is 6.03. The summed E-state index contributed by atoms with van der Waals surface area (Å²) in [5, 5.41) is 3.21. The number of hydrogen-bond acceptors (Lipinski definition) is 2. The maximum Gasteiger partial charge on any atom is 0.193 e. The summed E-state index contributed by atoms with van der Waals surface area (Å²) in [6.45, 7) is 2.65. The predicted molar refractivity (Wildman–Crippen MR) is 91.6 cm³/mol. The molecule has 0 radical (unpaired) electrons. The fourth-order valence-electron chi connectivity index (χ4n) is 1.64. The molecule has 0 fully saturated rings. The minimum Gasteiger partial charge on any atom is -0.489 e. The molecule has 0 aliphatic carbocycles. The van der Waals surface area contributed by atoms with E-state index in [9.17, 15) is 4.39 Å². The first-order chi connectivity index (χ1) is 9.06. The molecule has 0 saturated carbocycles. The van der Waals surface area contributed by atoms with Crippen molar-refractivity contribution in [2.24, 2.45) is 4.99 Å². The molecule has 6 heteroatoms. The molecule has 0 heterocycles. The van der Waals surface area contributed by atoms with Crippen LogP contribution in [0.2, 0.25) is 0 Å². The minimum atomic E-state index is -0.288. The van der Waals surface area contributed by atoms with Crippen molar-refractivity contribution in [2.45, 2.75) is 19.4 Å². The van der Waals surface area contributed by atoms with Crippen LogP contribution in [0.4, 0.5) is 4.39 Å². The molecular formula is C14H23FIN3O. The quantitative estimate of drug-likeness (QED) is 0.473. The van der Waals surface area contributed by atoms with Crippen molar-refractivity contribution < 1.29 is 9.13 Å². The van der Waals surface area contributed by atoms with Gasteiger partial charge in [0.25, 0.3) is 0 Å². The van der Waals surface area contributed by atoms with Gasteiger partial charge in [0.1, 0.15) is 17.7 Å². The van der Waals surface area contributed by atoms with Crippen molar-refractivity contribution in [3.05, 3.63) is 30.1 Å². The SMILES string of the molecule is CCC(CNC(=NC)N(C)C)Oc1cccc(F)c1.I. The highest BCUT2D eigenvalue weighted by Crippen LogP contribution is 2.14. The average molecular weight is 395 g/mol. The van der Waals surface area contributed by atoms with Crippen molar-refractivity contribution in [3.8, 4) is 5.75 Å². The summed E-state index contributed by atoms with van der Waals surface area (Å²) < 4.78 is 18.8. The fourth-order valence-corrected chi connectivity index (χ4v) is 1.64. The number of rotatable bonds is 5. The number of nitrogens with zero attached hydrogens (tertiary/aromatic N) is 2. The molecule has 4 nitrogen and oxygen atoms in total. The van der Waals surface area contributed by atoms with Gasteiger partial charge < -0.3 is 15.0 Å². The molecule has 20 heavy (non-hydrogen) atoms. The van der Waals surface area contributed by atoms with Gasteiger partial charge in [0.05, 0.1) is 6.54 Å². The van der Waals surface area contributed by atoms with Crippen LogP contribution in [0.1, 0.15) is 13.3 Å². The first kappa shape index (κ1) is 18.9. The van der Waals surface area contributed by atoms with Gasteiger partial charge in [-0.15, -0.1) is 24.0 Å². The second-order valence-electron chi connectivity index (χ2n) is 4.43. The Morgan fingerprint density at radius 1 is 1.45 bits per heavy atom. The van der Waals surface area contributed by atoms with E-state index in [4.69, 9.17) is 4.74 Å². The number of benzene rings is 1. The lowest BCUT2D eigenvalue weighted by Gasteiger charge is -2.22. The molecule has 1 unspecified atom stereocenters. The second-order valence-corrected chi connectivity index (χ2v) is 4.43. The Balaban J connectivity index is 0.00000361. The lowest BCUT2D eigenvalue weighted by Crippen LogP contribution is -2.41. The van der Waals surface area contributed by atoms with Gasteiger partial charge in [0, 0.05) is 27.2 Å². The summed E-state index contributed by atoms with van der Waals surface area (Å²) in [5.41, 5.74) is 0. The summed E-state index contributed by atoms with van der Waals surface area (Å²) in [6.07, 6.45) is 0.798. The second kappa shape index (κ2) is 9.79. The van der Waals surface area contributed by atoms with Crippen LogP contribution in [-0.2, 0) is 0 Å². The third kappa shape index (κ3) is 6.40. The molecule has 0 aromatic heterocycles. The molecule has 1 rings (SSSR count). The number of hydrogen-bond donors (Lipinski definition) is 1. The lowest BCUT2D eigenvalue weighted by atomic mass is 10.2. The molecule has 114 valence electrons. The molecule has 1 atom stereocenters. The smallest absolute Gasteiger partial charge is 0.193 e. The Morgan fingerprint density at radius 3 is 2.65 bits per heavy atom. The minimum absolute atomic E-state index is 0. The van der Waals surface area contributed by atoms with Gasteiger partial charge in [-0.05, 0) is 18.6 Å². The highest BCUT2D eigenvalue weighted by molar-refractivity contribution is 14.0. The molecule has 0 aliphatic rings. The summed E-state index contributed by atoms with van der Waals surface area (Å²) >= 11 is 0. The van der Waals surface area contributed by atoms with E-state index in [0.29, 0.717) is 12.3 Å². The number of ether oxygens (including phenoxy) is 1. The number of halogens is 2. The Labute approximate surface area is 137 Å². The van der Waals surface area contributed by atoms with Crippen LogP contribution in [0.5, 0.6) is 5.75 Å². The highest BCUT2D eigenvalue weighted by atomic mass is 127. The van der Waals surface area contributed by atoms with Crippen molar-refractivity contribution >= 4 is 29.9 Å². The molecule has 0 spiro atoms. The van der Waals surface area contributed by atoms with Crippen LogP contribution in [0.25, 0.3) is 0 Å². The average Bonchev–Trinajstić information content (AvgIpc) is 2.37. The van der Waals surface area contributed by atoms with Crippen molar-refractivity contribution in [1.82, 2.24) is 10.2 Å². The van der Waals surface area contributed by atoms with Crippen LogP contribution in [-0.4, -0.2) is 44.7 Å². The molecule has 0 amide bonds. The maximum absolute atomic E-state index is 13.1. The molecule has 0 bridgehead atoms. The monoisotopic (exact) mass is 395 g/mol. The topological polar surface area (TPSA) is 36.9 Å². The Hall–Kier alpha value is -1.05. The molecule has 0 aliphatic heterocycles. The van der Waals surface area contributed by atoms with E-state index in [1.807, 2.05) is 25.9 Å². The van der Waals surface area contributed by atoms with E-state index >= 15 is 0 Å². The molecule has 1 N–H and O–H groups in total. The standard InChI is InChI=1S/C14H22FN3O.HI/c1-5-12(10-17-14(16-2)18(3)4)19-13-8-6-7-11(15)9-13;/h6-9,12H,5,10H2,1-4H3,(H,16,17);1H. The number of nitrogens with one attached hydrogen (secondary N) is 1. The normalized spacial score (nSPS) is 12.3. The zero-order valence-electron chi connectivity index (χ0n) is 12.4. The van der Waals surface area contributed by atoms with Gasteiger partial charge in [-0.2, -0.15) is 0 Å². The Bertz CT molecular complexity index is 427. The van der Waals surface area contributed by atoms with Crippen molar-refractivity contribution in [1.29, 1.82) is 0 Å². The first-order valence-corrected chi connectivity index (χ1v) is 6.37. The Kier molecular flexibility index (Phi) is 9.28.